The lowest BCUT2D eigenvalue weighted by Gasteiger charge is -2.18. The normalized spacial score (nSPS) is 14.1. The van der Waals surface area contributed by atoms with Gasteiger partial charge in [-0.3, -0.25) is 0 Å². The van der Waals surface area contributed by atoms with Crippen molar-refractivity contribution in [2.24, 2.45) is 0 Å². The quantitative estimate of drug-likeness (QED) is 0.803. The van der Waals surface area contributed by atoms with E-state index in [1.807, 2.05) is 17.5 Å². The van der Waals surface area contributed by atoms with E-state index in [2.05, 4.69) is 62.3 Å². The van der Waals surface area contributed by atoms with Gasteiger partial charge in [-0.05, 0) is 45.6 Å². The van der Waals surface area contributed by atoms with Crippen molar-refractivity contribution in [2.75, 3.05) is 0 Å². The van der Waals surface area contributed by atoms with Crippen LogP contribution in [0.15, 0.2) is 30.5 Å². The molecule has 0 aliphatic heterocycles. The van der Waals surface area contributed by atoms with Crippen LogP contribution in [0.3, 0.4) is 0 Å². The molecule has 1 aromatic carbocycles. The smallest absolute Gasteiger partial charge is 0.109 e. The number of benzene rings is 1. The first-order valence-electron chi connectivity index (χ1n) is 7.84. The van der Waals surface area contributed by atoms with Gasteiger partial charge in [0.2, 0.25) is 0 Å². The molecule has 1 heterocycles. The first-order valence-corrected chi connectivity index (χ1v) is 8.66. The maximum Gasteiger partial charge on any atom is 0.109 e. The number of rotatable bonds is 7. The van der Waals surface area contributed by atoms with Crippen LogP contribution < -0.4 is 5.32 Å². The van der Waals surface area contributed by atoms with E-state index in [9.17, 15) is 0 Å². The average molecular weight is 302 g/mol. The zero-order valence-electron chi connectivity index (χ0n) is 13.5. The number of nitrogens with zero attached hydrogens (tertiary/aromatic N) is 1. The van der Waals surface area contributed by atoms with Crippen molar-refractivity contribution in [3.63, 3.8) is 0 Å². The van der Waals surface area contributed by atoms with Gasteiger partial charge in [0, 0.05) is 17.1 Å². The van der Waals surface area contributed by atoms with E-state index in [1.165, 1.54) is 21.0 Å². The molecule has 0 amide bonds. The SMILES string of the molecule is CCc1cnc(C(C)NC(C)CCc2cccc(C)c2)s1. The van der Waals surface area contributed by atoms with Gasteiger partial charge in [0.25, 0.3) is 0 Å². The van der Waals surface area contributed by atoms with Gasteiger partial charge in [-0.25, -0.2) is 4.98 Å². The zero-order chi connectivity index (χ0) is 15.2. The van der Waals surface area contributed by atoms with Gasteiger partial charge in [-0.15, -0.1) is 11.3 Å². The Morgan fingerprint density at radius 2 is 2.10 bits per heavy atom. The predicted molar refractivity (Wildman–Crippen MR) is 92.0 cm³/mol. The van der Waals surface area contributed by atoms with Gasteiger partial charge in [0.05, 0.1) is 6.04 Å². The van der Waals surface area contributed by atoms with E-state index in [0.717, 1.165) is 19.3 Å². The molecule has 2 atom stereocenters. The zero-order valence-corrected chi connectivity index (χ0v) is 14.3. The molecular formula is C18H26N2S. The molecule has 0 saturated heterocycles. The standard InChI is InChI=1S/C18H26N2S/c1-5-17-12-19-18(21-17)15(4)20-14(3)9-10-16-8-6-7-13(2)11-16/h6-8,11-12,14-15,20H,5,9-10H2,1-4H3. The van der Waals surface area contributed by atoms with Gasteiger partial charge >= 0.3 is 0 Å². The highest BCUT2D eigenvalue weighted by atomic mass is 32.1. The third-order valence-corrected chi connectivity index (χ3v) is 5.10. The third kappa shape index (κ3) is 4.94. The Hall–Kier alpha value is -1.19. The van der Waals surface area contributed by atoms with Crippen molar-refractivity contribution in [2.45, 2.75) is 59.0 Å². The van der Waals surface area contributed by atoms with E-state index in [4.69, 9.17) is 0 Å². The van der Waals surface area contributed by atoms with Crippen molar-refractivity contribution in [1.82, 2.24) is 10.3 Å². The highest BCUT2D eigenvalue weighted by Crippen LogP contribution is 2.21. The van der Waals surface area contributed by atoms with Gasteiger partial charge in [-0.1, -0.05) is 36.8 Å². The second kappa shape index (κ2) is 7.71. The van der Waals surface area contributed by atoms with Crippen LogP contribution in [0, 0.1) is 6.92 Å². The lowest BCUT2D eigenvalue weighted by atomic mass is 10.0. The number of nitrogens with one attached hydrogen (secondary N) is 1. The molecule has 0 spiro atoms. The minimum atomic E-state index is 0.336. The maximum atomic E-state index is 4.53. The number of aromatic nitrogens is 1. The fourth-order valence-electron chi connectivity index (χ4n) is 2.52. The summed E-state index contributed by atoms with van der Waals surface area (Å²) < 4.78 is 0. The second-order valence-electron chi connectivity index (χ2n) is 5.84. The Labute approximate surface area is 132 Å². The molecule has 0 saturated carbocycles. The summed E-state index contributed by atoms with van der Waals surface area (Å²) in [7, 11) is 0. The monoisotopic (exact) mass is 302 g/mol. The molecule has 2 aromatic rings. The van der Waals surface area contributed by atoms with Crippen LogP contribution in [0.5, 0.6) is 0 Å². The molecular weight excluding hydrogens is 276 g/mol. The summed E-state index contributed by atoms with van der Waals surface area (Å²) in [5.74, 6) is 0. The van der Waals surface area contributed by atoms with Crippen molar-refractivity contribution < 1.29 is 0 Å². The Morgan fingerprint density at radius 1 is 1.29 bits per heavy atom. The van der Waals surface area contributed by atoms with E-state index < -0.39 is 0 Å². The van der Waals surface area contributed by atoms with Crippen molar-refractivity contribution in [3.8, 4) is 0 Å². The lowest BCUT2D eigenvalue weighted by Crippen LogP contribution is -2.29. The molecule has 2 rings (SSSR count). The minimum Gasteiger partial charge on any atom is -0.306 e. The average Bonchev–Trinajstić information content (AvgIpc) is 2.94. The predicted octanol–water partition coefficient (Wildman–Crippen LogP) is 4.69. The maximum absolute atomic E-state index is 4.53. The third-order valence-electron chi connectivity index (χ3n) is 3.77. The molecule has 0 aliphatic rings. The van der Waals surface area contributed by atoms with Crippen molar-refractivity contribution in [1.29, 1.82) is 0 Å². The molecule has 114 valence electrons. The molecule has 0 radical (unpaired) electrons. The van der Waals surface area contributed by atoms with E-state index >= 15 is 0 Å². The van der Waals surface area contributed by atoms with Gasteiger partial charge in [-0.2, -0.15) is 0 Å². The Kier molecular flexibility index (Phi) is 5.95. The first kappa shape index (κ1) is 16.2. The summed E-state index contributed by atoms with van der Waals surface area (Å²) in [5.41, 5.74) is 2.77. The largest absolute Gasteiger partial charge is 0.306 e. The van der Waals surface area contributed by atoms with Crippen LogP contribution in [0.25, 0.3) is 0 Å². The van der Waals surface area contributed by atoms with Gasteiger partial charge in [0.1, 0.15) is 5.01 Å². The Morgan fingerprint density at radius 3 is 2.76 bits per heavy atom. The Bertz CT molecular complexity index is 562. The van der Waals surface area contributed by atoms with Crippen LogP contribution in [0.2, 0.25) is 0 Å². The minimum absolute atomic E-state index is 0.336. The summed E-state index contributed by atoms with van der Waals surface area (Å²) in [5, 5.41) is 4.87. The Balaban J connectivity index is 1.82. The molecule has 3 heteroatoms. The molecule has 0 bridgehead atoms. The molecule has 2 nitrogen and oxygen atoms in total. The number of aryl methyl sites for hydroxylation is 3. The van der Waals surface area contributed by atoms with Gasteiger partial charge < -0.3 is 5.32 Å². The fraction of sp³-hybridized carbons (Fsp3) is 0.500. The van der Waals surface area contributed by atoms with E-state index in [0.29, 0.717) is 12.1 Å². The lowest BCUT2D eigenvalue weighted by molar-refractivity contribution is 0.455. The van der Waals surface area contributed by atoms with Crippen molar-refractivity contribution >= 4 is 11.3 Å². The van der Waals surface area contributed by atoms with E-state index in [-0.39, 0.29) is 0 Å². The van der Waals surface area contributed by atoms with E-state index in [1.54, 1.807) is 0 Å². The summed E-state index contributed by atoms with van der Waals surface area (Å²) in [6.45, 7) is 8.81. The second-order valence-corrected chi connectivity index (χ2v) is 6.98. The molecule has 21 heavy (non-hydrogen) atoms. The summed E-state index contributed by atoms with van der Waals surface area (Å²) in [6, 6.07) is 9.63. The van der Waals surface area contributed by atoms with Crippen LogP contribution in [0.1, 0.15) is 54.2 Å². The van der Waals surface area contributed by atoms with Gasteiger partial charge in [0.15, 0.2) is 0 Å². The topological polar surface area (TPSA) is 24.9 Å². The summed E-state index contributed by atoms with van der Waals surface area (Å²) in [4.78, 5) is 5.89. The number of hydrogen-bond donors (Lipinski definition) is 1. The molecule has 0 aliphatic carbocycles. The van der Waals surface area contributed by atoms with Crippen LogP contribution in [-0.4, -0.2) is 11.0 Å². The summed E-state index contributed by atoms with van der Waals surface area (Å²) >= 11 is 1.83. The highest BCUT2D eigenvalue weighted by Gasteiger charge is 2.13. The van der Waals surface area contributed by atoms with Crippen molar-refractivity contribution in [3.05, 3.63) is 51.5 Å². The molecule has 0 fully saturated rings. The van der Waals surface area contributed by atoms with Crippen LogP contribution in [-0.2, 0) is 12.8 Å². The van der Waals surface area contributed by atoms with Crippen LogP contribution in [0.4, 0.5) is 0 Å². The first-order chi connectivity index (χ1) is 10.1. The molecule has 2 unspecified atom stereocenters. The number of hydrogen-bond acceptors (Lipinski definition) is 3. The number of thiazole rings is 1. The highest BCUT2D eigenvalue weighted by molar-refractivity contribution is 7.11. The van der Waals surface area contributed by atoms with Crippen LogP contribution >= 0.6 is 11.3 Å². The summed E-state index contributed by atoms with van der Waals surface area (Å²) in [6.07, 6.45) is 5.36. The molecule has 1 aromatic heterocycles. The fourth-order valence-corrected chi connectivity index (χ4v) is 3.39. The molecule has 1 N–H and O–H groups in total.